The van der Waals surface area contributed by atoms with Crippen molar-refractivity contribution in [2.45, 2.75) is 39.5 Å². The van der Waals surface area contributed by atoms with E-state index in [9.17, 15) is 19.2 Å². The van der Waals surface area contributed by atoms with Crippen molar-refractivity contribution in [2.75, 3.05) is 0 Å². The first-order valence-corrected chi connectivity index (χ1v) is 9.02. The summed E-state index contributed by atoms with van der Waals surface area (Å²) in [4.78, 5) is 46.0. The minimum absolute atomic E-state index is 0.341. The topological polar surface area (TPSA) is 86.7 Å². The van der Waals surface area contributed by atoms with E-state index in [4.69, 9.17) is 0 Å². The molecule has 6 heteroatoms. The van der Waals surface area contributed by atoms with E-state index < -0.39 is 23.9 Å². The summed E-state index contributed by atoms with van der Waals surface area (Å²) >= 11 is 0. The summed E-state index contributed by atoms with van der Waals surface area (Å²) < 4.78 is 9.31. The largest absolute Gasteiger partial charge is 0.390 e. The average molecular weight is 380 g/mol. The third-order valence-electron chi connectivity index (χ3n) is 4.68. The lowest BCUT2D eigenvalue weighted by molar-refractivity contribution is -0.136. The molecule has 0 bridgehead atoms. The van der Waals surface area contributed by atoms with E-state index in [1.54, 1.807) is 24.3 Å². The fourth-order valence-corrected chi connectivity index (χ4v) is 3.38. The molecule has 0 radical (unpaired) electrons. The number of benzene rings is 2. The Kier molecular flexibility index (Phi) is 5.68. The van der Waals surface area contributed by atoms with Gasteiger partial charge in [0.15, 0.2) is 0 Å². The van der Waals surface area contributed by atoms with Gasteiger partial charge in [-0.1, -0.05) is 12.1 Å². The van der Waals surface area contributed by atoms with Crippen LogP contribution in [0.5, 0.6) is 0 Å². The van der Waals surface area contributed by atoms with Gasteiger partial charge < -0.3 is 9.47 Å². The highest BCUT2D eigenvalue weighted by Gasteiger charge is 2.18. The van der Waals surface area contributed by atoms with Crippen molar-refractivity contribution < 1.29 is 28.7 Å². The van der Waals surface area contributed by atoms with Crippen LogP contribution in [0, 0.1) is 0 Å². The normalized spacial score (nSPS) is 12.6. The van der Waals surface area contributed by atoms with Crippen LogP contribution in [-0.2, 0) is 44.7 Å². The molecule has 0 unspecified atom stereocenters. The van der Waals surface area contributed by atoms with Gasteiger partial charge in [-0.3, -0.25) is 9.59 Å². The van der Waals surface area contributed by atoms with Gasteiger partial charge in [-0.15, -0.1) is 0 Å². The fraction of sp³-hybridized carbons (Fsp3) is 0.273. The summed E-state index contributed by atoms with van der Waals surface area (Å²) in [7, 11) is 0. The van der Waals surface area contributed by atoms with Gasteiger partial charge in [0.1, 0.15) is 0 Å². The molecule has 2 aromatic rings. The van der Waals surface area contributed by atoms with E-state index in [0.717, 1.165) is 35.1 Å². The Balaban J connectivity index is 1.83. The summed E-state index contributed by atoms with van der Waals surface area (Å²) in [5.74, 6) is -2.61. The van der Waals surface area contributed by atoms with Gasteiger partial charge in [0.05, 0.1) is 11.1 Å². The number of aryl methyl sites for hydroxylation is 4. The lowest BCUT2D eigenvalue weighted by Gasteiger charge is -2.18. The molecule has 3 rings (SSSR count). The smallest absolute Gasteiger partial charge is 0.345 e. The van der Waals surface area contributed by atoms with Crippen molar-refractivity contribution in [3.8, 4) is 0 Å². The van der Waals surface area contributed by atoms with Crippen LogP contribution in [-0.4, -0.2) is 23.9 Å². The van der Waals surface area contributed by atoms with Gasteiger partial charge in [-0.2, -0.15) is 0 Å². The Morgan fingerprint density at radius 1 is 0.607 bits per heavy atom. The molecular formula is C22H20O6. The molecule has 0 saturated carbocycles. The summed E-state index contributed by atoms with van der Waals surface area (Å²) in [6.07, 6.45) is 2.94. The first-order chi connectivity index (χ1) is 13.3. The predicted octanol–water partition coefficient (Wildman–Crippen LogP) is 2.98. The summed E-state index contributed by atoms with van der Waals surface area (Å²) in [6, 6.07) is 10.7. The Morgan fingerprint density at radius 3 is 1.32 bits per heavy atom. The van der Waals surface area contributed by atoms with Crippen LogP contribution in [0.25, 0.3) is 0 Å². The molecule has 1 aliphatic rings. The summed E-state index contributed by atoms with van der Waals surface area (Å²) in [5.41, 5.74) is 5.00. The van der Waals surface area contributed by atoms with Crippen molar-refractivity contribution >= 4 is 23.9 Å². The SMILES string of the molecule is CC(=O)OC(=O)c1ccc2c(c1)CCc1cc(C(=O)OC(C)=O)ccc1CC2. The van der Waals surface area contributed by atoms with Gasteiger partial charge in [-0.25, -0.2) is 9.59 Å². The van der Waals surface area contributed by atoms with Crippen LogP contribution in [0.15, 0.2) is 36.4 Å². The molecule has 2 aromatic carbocycles. The van der Waals surface area contributed by atoms with Crippen LogP contribution < -0.4 is 0 Å². The number of rotatable bonds is 2. The molecule has 0 N–H and O–H groups in total. The van der Waals surface area contributed by atoms with Crippen molar-refractivity contribution in [1.82, 2.24) is 0 Å². The molecule has 0 saturated heterocycles. The number of hydrogen-bond acceptors (Lipinski definition) is 6. The maximum atomic E-state index is 12.0. The molecule has 0 amide bonds. The number of ether oxygens (including phenoxy) is 2. The fourth-order valence-electron chi connectivity index (χ4n) is 3.38. The molecule has 6 nitrogen and oxygen atoms in total. The Hall–Kier alpha value is -3.28. The van der Waals surface area contributed by atoms with Gasteiger partial charge in [-0.05, 0) is 72.2 Å². The minimum Gasteiger partial charge on any atom is -0.390 e. The maximum absolute atomic E-state index is 12.0. The van der Waals surface area contributed by atoms with Crippen LogP contribution in [0.2, 0.25) is 0 Å². The highest BCUT2D eigenvalue weighted by atomic mass is 16.6. The Labute approximate surface area is 162 Å². The molecule has 0 aromatic heterocycles. The Morgan fingerprint density at radius 2 is 0.964 bits per heavy atom. The summed E-state index contributed by atoms with van der Waals surface area (Å²) in [5, 5.41) is 0. The molecule has 0 heterocycles. The number of hydrogen-bond donors (Lipinski definition) is 0. The van der Waals surface area contributed by atoms with Crippen molar-refractivity contribution in [2.24, 2.45) is 0 Å². The molecule has 0 aliphatic heterocycles. The van der Waals surface area contributed by atoms with E-state index in [0.29, 0.717) is 24.0 Å². The van der Waals surface area contributed by atoms with Gasteiger partial charge in [0.25, 0.3) is 0 Å². The second-order valence-electron chi connectivity index (χ2n) is 6.73. The first kappa shape index (κ1) is 19.5. The van der Waals surface area contributed by atoms with E-state index in [1.165, 1.54) is 13.8 Å². The maximum Gasteiger partial charge on any atom is 0.345 e. The van der Waals surface area contributed by atoms with Crippen molar-refractivity contribution in [3.63, 3.8) is 0 Å². The molecule has 0 fully saturated rings. The second-order valence-corrected chi connectivity index (χ2v) is 6.73. The number of fused-ring (bicyclic) bond motifs is 2. The van der Waals surface area contributed by atoms with Crippen LogP contribution >= 0.6 is 0 Å². The third-order valence-corrected chi connectivity index (χ3v) is 4.68. The molecule has 1 aliphatic carbocycles. The van der Waals surface area contributed by atoms with Crippen molar-refractivity contribution in [3.05, 3.63) is 69.8 Å². The van der Waals surface area contributed by atoms with E-state index >= 15 is 0 Å². The predicted molar refractivity (Wildman–Crippen MR) is 99.9 cm³/mol. The lowest BCUT2D eigenvalue weighted by Crippen LogP contribution is -2.13. The highest BCUT2D eigenvalue weighted by Crippen LogP contribution is 2.24. The zero-order valence-corrected chi connectivity index (χ0v) is 15.7. The third kappa shape index (κ3) is 4.52. The zero-order chi connectivity index (χ0) is 20.3. The van der Waals surface area contributed by atoms with Gasteiger partial charge >= 0.3 is 23.9 Å². The monoisotopic (exact) mass is 380 g/mol. The Bertz CT molecular complexity index is 893. The lowest BCUT2D eigenvalue weighted by atomic mass is 9.87. The molecular weight excluding hydrogens is 360 g/mol. The van der Waals surface area contributed by atoms with E-state index in [-0.39, 0.29) is 0 Å². The highest BCUT2D eigenvalue weighted by molar-refractivity contribution is 5.97. The van der Waals surface area contributed by atoms with Crippen LogP contribution in [0.4, 0.5) is 0 Å². The molecule has 0 atom stereocenters. The van der Waals surface area contributed by atoms with Crippen molar-refractivity contribution in [1.29, 1.82) is 0 Å². The number of carbonyl (C=O) groups is 4. The number of carbonyl (C=O) groups excluding carboxylic acids is 4. The number of esters is 4. The van der Waals surface area contributed by atoms with E-state index in [1.807, 2.05) is 12.1 Å². The quantitative estimate of drug-likeness (QED) is 0.588. The van der Waals surface area contributed by atoms with Gasteiger partial charge in [0, 0.05) is 13.8 Å². The average Bonchev–Trinajstić information content (AvgIpc) is 2.62. The zero-order valence-electron chi connectivity index (χ0n) is 15.7. The summed E-state index contributed by atoms with van der Waals surface area (Å²) in [6.45, 7) is 2.38. The standard InChI is InChI=1S/C22H20O6/c1-13(23)27-21(25)19-9-5-15-3-4-16-6-10-20(22(26)28-14(2)24)12-18(16)8-7-17(15)11-19/h5-6,9-12H,3-4,7-8H2,1-2H3. The minimum atomic E-state index is -0.660. The van der Waals surface area contributed by atoms with E-state index in [2.05, 4.69) is 9.47 Å². The first-order valence-electron chi connectivity index (χ1n) is 9.02. The van der Waals surface area contributed by atoms with Crippen LogP contribution in [0.1, 0.15) is 56.8 Å². The van der Waals surface area contributed by atoms with Crippen LogP contribution in [0.3, 0.4) is 0 Å². The van der Waals surface area contributed by atoms with Gasteiger partial charge in [0.2, 0.25) is 0 Å². The molecule has 144 valence electrons. The molecule has 28 heavy (non-hydrogen) atoms. The second kappa shape index (κ2) is 8.17. The molecule has 0 spiro atoms.